The van der Waals surface area contributed by atoms with Gasteiger partial charge in [-0.2, -0.15) is 0 Å². The van der Waals surface area contributed by atoms with Crippen molar-refractivity contribution in [3.63, 3.8) is 0 Å². The molecule has 2 rings (SSSR count). The van der Waals surface area contributed by atoms with Gasteiger partial charge in [0, 0.05) is 6.42 Å². The Morgan fingerprint density at radius 1 is 1.32 bits per heavy atom. The predicted molar refractivity (Wildman–Crippen MR) is 83.6 cm³/mol. The molecule has 0 aromatic heterocycles. The van der Waals surface area contributed by atoms with E-state index in [4.69, 9.17) is 9.84 Å². The third kappa shape index (κ3) is 3.12. The second-order valence-corrected chi connectivity index (χ2v) is 5.79. The zero-order valence-corrected chi connectivity index (χ0v) is 12.9. The van der Waals surface area contributed by atoms with Gasteiger partial charge < -0.3 is 9.84 Å². The van der Waals surface area contributed by atoms with Crippen molar-refractivity contribution in [3.05, 3.63) is 42.0 Å². The van der Waals surface area contributed by atoms with Gasteiger partial charge in [-0.1, -0.05) is 25.1 Å². The third-order valence-corrected chi connectivity index (χ3v) is 4.41. The first kappa shape index (κ1) is 16.4. The largest absolute Gasteiger partial charge is 0.489 e. The number of benzene rings is 1. The fourth-order valence-corrected chi connectivity index (χ4v) is 3.01. The highest BCUT2D eigenvalue weighted by Gasteiger charge is 2.46. The van der Waals surface area contributed by atoms with Crippen LogP contribution in [0.1, 0.15) is 38.2 Å². The van der Waals surface area contributed by atoms with E-state index in [9.17, 15) is 9.59 Å². The van der Waals surface area contributed by atoms with Gasteiger partial charge in [-0.15, -0.1) is 0 Å². The SMILES string of the molecule is C=C(COc1ccc(CO)cc1)C1(C(C)=O)CCCCC1=O. The topological polar surface area (TPSA) is 63.6 Å². The minimum atomic E-state index is -1.07. The maximum Gasteiger partial charge on any atom is 0.150 e. The van der Waals surface area contributed by atoms with Crippen LogP contribution in [0.25, 0.3) is 0 Å². The predicted octanol–water partition coefficient (Wildman–Crippen LogP) is 2.83. The van der Waals surface area contributed by atoms with Crippen molar-refractivity contribution in [2.45, 2.75) is 39.2 Å². The van der Waals surface area contributed by atoms with Crippen molar-refractivity contribution in [3.8, 4) is 5.75 Å². The fourth-order valence-electron chi connectivity index (χ4n) is 3.01. The summed E-state index contributed by atoms with van der Waals surface area (Å²) in [7, 11) is 0. The third-order valence-electron chi connectivity index (χ3n) is 4.41. The summed E-state index contributed by atoms with van der Waals surface area (Å²) >= 11 is 0. The zero-order chi connectivity index (χ0) is 16.2. The first-order chi connectivity index (χ1) is 10.5. The van der Waals surface area contributed by atoms with Crippen molar-refractivity contribution >= 4 is 11.6 Å². The Kier molecular flexibility index (Phi) is 5.14. The molecular weight excluding hydrogens is 280 g/mol. The van der Waals surface area contributed by atoms with E-state index in [2.05, 4.69) is 6.58 Å². The maximum atomic E-state index is 12.3. The van der Waals surface area contributed by atoms with Crippen molar-refractivity contribution in [2.75, 3.05) is 6.61 Å². The van der Waals surface area contributed by atoms with Crippen LogP contribution in [0.5, 0.6) is 5.75 Å². The standard InChI is InChI=1S/C18H22O4/c1-13(12-22-16-8-6-15(11-19)7-9-16)18(14(2)20)10-4-3-5-17(18)21/h6-9,19H,1,3-5,10-12H2,2H3. The van der Waals surface area contributed by atoms with Crippen LogP contribution in [0, 0.1) is 5.41 Å². The van der Waals surface area contributed by atoms with Crippen LogP contribution in [0.4, 0.5) is 0 Å². The number of carbonyl (C=O) groups is 2. The summed E-state index contributed by atoms with van der Waals surface area (Å²) in [6.07, 6.45) is 2.66. The summed E-state index contributed by atoms with van der Waals surface area (Å²) in [6.45, 7) is 5.55. The second kappa shape index (κ2) is 6.88. The van der Waals surface area contributed by atoms with E-state index in [1.54, 1.807) is 24.3 Å². The number of aliphatic hydroxyl groups excluding tert-OH is 1. The van der Waals surface area contributed by atoms with Gasteiger partial charge in [0.15, 0.2) is 5.78 Å². The molecular formula is C18H22O4. The van der Waals surface area contributed by atoms with E-state index in [1.165, 1.54) is 6.92 Å². The van der Waals surface area contributed by atoms with Crippen molar-refractivity contribution in [1.29, 1.82) is 0 Å². The quantitative estimate of drug-likeness (QED) is 0.648. The Bertz CT molecular complexity index is 573. The highest BCUT2D eigenvalue weighted by molar-refractivity contribution is 6.09. The molecule has 0 saturated heterocycles. The molecule has 0 heterocycles. The van der Waals surface area contributed by atoms with Crippen LogP contribution >= 0.6 is 0 Å². The maximum absolute atomic E-state index is 12.3. The molecule has 0 amide bonds. The van der Waals surface area contributed by atoms with Gasteiger partial charge in [-0.05, 0) is 43.0 Å². The van der Waals surface area contributed by atoms with Crippen LogP contribution in [0.15, 0.2) is 36.4 Å². The summed E-state index contributed by atoms with van der Waals surface area (Å²) < 4.78 is 5.66. The van der Waals surface area contributed by atoms with Crippen LogP contribution in [-0.2, 0) is 16.2 Å². The number of aliphatic hydroxyl groups is 1. The lowest BCUT2D eigenvalue weighted by Gasteiger charge is -2.35. The Morgan fingerprint density at radius 2 is 2.00 bits per heavy atom. The minimum absolute atomic E-state index is 0.0189. The summed E-state index contributed by atoms with van der Waals surface area (Å²) in [5.41, 5.74) is 0.272. The van der Waals surface area contributed by atoms with Crippen molar-refractivity contribution < 1.29 is 19.4 Å². The Hall–Kier alpha value is -1.94. The average Bonchev–Trinajstić information content (AvgIpc) is 2.53. The normalized spacial score (nSPS) is 21.5. The number of hydrogen-bond acceptors (Lipinski definition) is 4. The Balaban J connectivity index is 2.08. The van der Waals surface area contributed by atoms with Crippen molar-refractivity contribution in [1.82, 2.24) is 0 Å². The van der Waals surface area contributed by atoms with E-state index in [0.29, 0.717) is 24.2 Å². The summed E-state index contributed by atoms with van der Waals surface area (Å²) in [4.78, 5) is 24.4. The highest BCUT2D eigenvalue weighted by Crippen LogP contribution is 2.40. The van der Waals surface area contributed by atoms with Gasteiger partial charge in [0.25, 0.3) is 0 Å². The van der Waals surface area contributed by atoms with Crippen LogP contribution in [0.3, 0.4) is 0 Å². The average molecular weight is 302 g/mol. The van der Waals surface area contributed by atoms with Crippen LogP contribution < -0.4 is 4.74 Å². The smallest absolute Gasteiger partial charge is 0.150 e. The van der Waals surface area contributed by atoms with Gasteiger partial charge in [0.05, 0.1) is 6.61 Å². The molecule has 22 heavy (non-hydrogen) atoms. The van der Waals surface area contributed by atoms with Crippen LogP contribution in [0.2, 0.25) is 0 Å². The molecule has 0 radical (unpaired) electrons. The van der Waals surface area contributed by atoms with E-state index >= 15 is 0 Å². The lowest BCUT2D eigenvalue weighted by molar-refractivity contribution is -0.139. The number of hydrogen-bond donors (Lipinski definition) is 1. The first-order valence-electron chi connectivity index (χ1n) is 7.56. The molecule has 1 aromatic rings. The minimum Gasteiger partial charge on any atom is -0.489 e. The summed E-state index contributed by atoms with van der Waals surface area (Å²) in [5, 5.41) is 9.01. The van der Waals surface area contributed by atoms with E-state index in [-0.39, 0.29) is 24.8 Å². The summed E-state index contributed by atoms with van der Waals surface area (Å²) in [5.74, 6) is 0.456. The number of carbonyl (C=O) groups excluding carboxylic acids is 2. The molecule has 1 N–H and O–H groups in total. The zero-order valence-electron chi connectivity index (χ0n) is 12.9. The number of Topliss-reactive ketones (excluding diaryl/α,β-unsaturated/α-hetero) is 2. The van der Waals surface area contributed by atoms with Gasteiger partial charge in [0.2, 0.25) is 0 Å². The molecule has 4 heteroatoms. The fraction of sp³-hybridized carbons (Fsp3) is 0.444. The number of rotatable bonds is 6. The molecule has 0 spiro atoms. The lowest BCUT2D eigenvalue weighted by atomic mass is 9.66. The van der Waals surface area contributed by atoms with Gasteiger partial charge >= 0.3 is 0 Å². The number of ketones is 2. The molecule has 0 aliphatic heterocycles. The van der Waals surface area contributed by atoms with Crippen LogP contribution in [-0.4, -0.2) is 23.3 Å². The first-order valence-corrected chi connectivity index (χ1v) is 7.56. The van der Waals surface area contributed by atoms with E-state index in [1.807, 2.05) is 0 Å². The Labute approximate surface area is 130 Å². The molecule has 1 unspecified atom stereocenters. The lowest BCUT2D eigenvalue weighted by Crippen LogP contribution is -2.43. The van der Waals surface area contributed by atoms with Gasteiger partial charge in [-0.3, -0.25) is 9.59 Å². The Morgan fingerprint density at radius 3 is 2.55 bits per heavy atom. The van der Waals surface area contributed by atoms with E-state index < -0.39 is 5.41 Å². The molecule has 1 aliphatic rings. The molecule has 118 valence electrons. The second-order valence-electron chi connectivity index (χ2n) is 5.79. The molecule has 1 saturated carbocycles. The van der Waals surface area contributed by atoms with Gasteiger partial charge in [-0.25, -0.2) is 0 Å². The molecule has 0 bridgehead atoms. The monoisotopic (exact) mass is 302 g/mol. The number of ether oxygens (including phenoxy) is 1. The molecule has 1 aromatic carbocycles. The molecule has 4 nitrogen and oxygen atoms in total. The highest BCUT2D eigenvalue weighted by atomic mass is 16.5. The van der Waals surface area contributed by atoms with Gasteiger partial charge in [0.1, 0.15) is 23.6 Å². The van der Waals surface area contributed by atoms with E-state index in [0.717, 1.165) is 18.4 Å². The molecule has 1 fully saturated rings. The summed E-state index contributed by atoms with van der Waals surface area (Å²) in [6, 6.07) is 7.04. The molecule has 1 atom stereocenters. The molecule has 1 aliphatic carbocycles. The van der Waals surface area contributed by atoms with Crippen molar-refractivity contribution in [2.24, 2.45) is 5.41 Å².